The maximum atomic E-state index is 14.7. The van der Waals surface area contributed by atoms with Crippen molar-refractivity contribution in [3.8, 4) is 5.75 Å². The van der Waals surface area contributed by atoms with Crippen molar-refractivity contribution in [2.75, 3.05) is 7.11 Å². The Balaban J connectivity index is 1.88. The molecule has 1 aliphatic carbocycles. The predicted octanol–water partition coefficient (Wildman–Crippen LogP) is 3.59. The first-order chi connectivity index (χ1) is 15.0. The molecule has 0 aliphatic heterocycles. The van der Waals surface area contributed by atoms with Crippen LogP contribution in [0.3, 0.4) is 0 Å². The first-order valence-corrected chi connectivity index (χ1v) is 9.94. The molecular weight excluding hydrogens is 397 g/mol. The topological polar surface area (TPSA) is 85.5 Å². The highest BCUT2D eigenvalue weighted by atomic mass is 19.1. The van der Waals surface area contributed by atoms with Crippen LogP contribution >= 0.6 is 0 Å². The number of methoxy groups -OCH3 is 1. The average molecular weight is 419 g/mol. The second kappa shape index (κ2) is 8.55. The van der Waals surface area contributed by atoms with Crippen molar-refractivity contribution < 1.29 is 18.7 Å². The summed E-state index contributed by atoms with van der Waals surface area (Å²) in [5.74, 6) is -1.10. The van der Waals surface area contributed by atoms with Crippen molar-refractivity contribution in [1.29, 1.82) is 0 Å². The summed E-state index contributed by atoms with van der Waals surface area (Å²) in [6, 6.07) is 13.6. The molecule has 2 amide bonds. The lowest BCUT2D eigenvalue weighted by Crippen LogP contribution is -2.43. The number of primary amides is 1. The lowest BCUT2D eigenvalue weighted by Gasteiger charge is -2.36. The van der Waals surface area contributed by atoms with Gasteiger partial charge in [-0.15, -0.1) is 0 Å². The van der Waals surface area contributed by atoms with Gasteiger partial charge in [0.05, 0.1) is 18.7 Å². The van der Waals surface area contributed by atoms with E-state index in [0.29, 0.717) is 40.8 Å². The molecule has 2 N–H and O–H groups in total. The van der Waals surface area contributed by atoms with Gasteiger partial charge in [-0.25, -0.2) is 4.39 Å². The zero-order valence-corrected chi connectivity index (χ0v) is 17.0. The van der Waals surface area contributed by atoms with Crippen molar-refractivity contribution in [1.82, 2.24) is 9.88 Å². The number of hydrogen-bond acceptors (Lipinski definition) is 4. The fourth-order valence-corrected chi connectivity index (χ4v) is 4.21. The number of carbonyl (C=O) groups is 2. The van der Waals surface area contributed by atoms with Gasteiger partial charge in [0.25, 0.3) is 5.91 Å². The number of carbonyl (C=O) groups excluding carboxylic acids is 2. The summed E-state index contributed by atoms with van der Waals surface area (Å²) < 4.78 is 19.9. The lowest BCUT2D eigenvalue weighted by molar-refractivity contribution is -0.123. The highest BCUT2D eigenvalue weighted by Gasteiger charge is 2.40. The maximum Gasteiger partial charge on any atom is 0.256 e. The Bertz CT molecular complexity index is 1110. The largest absolute Gasteiger partial charge is 0.497 e. The summed E-state index contributed by atoms with van der Waals surface area (Å²) in [6.45, 7) is 0. The quantitative estimate of drug-likeness (QED) is 0.662. The molecule has 0 spiro atoms. The number of fused-ring (bicyclic) bond motifs is 1. The number of halogens is 1. The molecule has 0 bridgehead atoms. The molecule has 0 radical (unpaired) electrons. The number of aromatic nitrogens is 1. The minimum Gasteiger partial charge on any atom is -0.497 e. The molecule has 0 saturated heterocycles. The first kappa shape index (κ1) is 20.5. The van der Waals surface area contributed by atoms with E-state index in [1.807, 2.05) is 6.07 Å². The Morgan fingerprint density at radius 3 is 2.61 bits per heavy atom. The van der Waals surface area contributed by atoms with Gasteiger partial charge in [-0.2, -0.15) is 0 Å². The number of benzene rings is 2. The van der Waals surface area contributed by atoms with E-state index >= 15 is 0 Å². The Hall–Kier alpha value is -3.74. The summed E-state index contributed by atoms with van der Waals surface area (Å²) >= 11 is 0. The third kappa shape index (κ3) is 3.86. The Kier molecular flexibility index (Phi) is 5.66. The predicted molar refractivity (Wildman–Crippen MR) is 113 cm³/mol. The molecule has 158 valence electrons. The molecule has 0 unspecified atom stereocenters. The van der Waals surface area contributed by atoms with Gasteiger partial charge in [-0.3, -0.25) is 14.6 Å². The van der Waals surface area contributed by atoms with E-state index in [0.717, 1.165) is 0 Å². The summed E-state index contributed by atoms with van der Waals surface area (Å²) in [6.07, 6.45) is 3.91. The molecule has 6 nitrogen and oxygen atoms in total. The molecule has 3 aromatic rings. The van der Waals surface area contributed by atoms with Gasteiger partial charge in [0.15, 0.2) is 0 Å². The van der Waals surface area contributed by atoms with Gasteiger partial charge in [-0.1, -0.05) is 30.3 Å². The second-order valence-corrected chi connectivity index (χ2v) is 7.40. The molecule has 7 heteroatoms. The first-order valence-electron chi connectivity index (χ1n) is 9.94. The summed E-state index contributed by atoms with van der Waals surface area (Å²) in [4.78, 5) is 31.8. The minimum atomic E-state index is -1.03. The lowest BCUT2D eigenvalue weighted by atomic mass is 9.98. The van der Waals surface area contributed by atoms with E-state index in [1.165, 1.54) is 24.3 Å². The Morgan fingerprint density at radius 1 is 1.19 bits per heavy atom. The molecule has 4 rings (SSSR count). The van der Waals surface area contributed by atoms with Crippen LogP contribution in [0.4, 0.5) is 4.39 Å². The van der Waals surface area contributed by atoms with Crippen LogP contribution in [0.25, 0.3) is 0 Å². The SMILES string of the molecule is COc1cc(F)c2c(c1)[C@H](N(C(=O)c1cccnc1)[C@@H](C(N)=O)c1ccccc1)CC2. The molecule has 1 heterocycles. The zero-order valence-electron chi connectivity index (χ0n) is 17.0. The maximum absolute atomic E-state index is 14.7. The van der Waals surface area contributed by atoms with Crippen molar-refractivity contribution in [2.45, 2.75) is 24.9 Å². The normalized spacial score (nSPS) is 15.7. The van der Waals surface area contributed by atoms with Crippen molar-refractivity contribution >= 4 is 11.8 Å². The molecule has 2 aromatic carbocycles. The monoisotopic (exact) mass is 419 g/mol. The molecular formula is C24H22FN3O3. The molecule has 31 heavy (non-hydrogen) atoms. The van der Waals surface area contributed by atoms with Crippen LogP contribution in [0, 0.1) is 5.82 Å². The van der Waals surface area contributed by atoms with Crippen LogP contribution in [-0.4, -0.2) is 28.8 Å². The highest BCUT2D eigenvalue weighted by molar-refractivity contribution is 5.97. The van der Waals surface area contributed by atoms with Crippen LogP contribution in [-0.2, 0) is 11.2 Å². The van der Waals surface area contributed by atoms with Gasteiger partial charge in [0.2, 0.25) is 5.91 Å². The van der Waals surface area contributed by atoms with Crippen molar-refractivity contribution in [3.05, 3.63) is 95.1 Å². The zero-order chi connectivity index (χ0) is 22.0. The molecule has 2 atom stereocenters. The van der Waals surface area contributed by atoms with E-state index in [1.54, 1.807) is 48.7 Å². The van der Waals surface area contributed by atoms with E-state index < -0.39 is 23.9 Å². The van der Waals surface area contributed by atoms with Crippen LogP contribution in [0.1, 0.15) is 45.6 Å². The molecule has 0 fully saturated rings. The van der Waals surface area contributed by atoms with Crippen LogP contribution in [0.5, 0.6) is 5.75 Å². The number of rotatable bonds is 6. The van der Waals surface area contributed by atoms with E-state index in [2.05, 4.69) is 4.98 Å². The van der Waals surface area contributed by atoms with E-state index in [9.17, 15) is 14.0 Å². The van der Waals surface area contributed by atoms with Gasteiger partial charge in [0, 0.05) is 18.5 Å². The third-order valence-corrected chi connectivity index (χ3v) is 5.61. The number of nitrogens with zero attached hydrogens (tertiary/aromatic N) is 2. The highest BCUT2D eigenvalue weighted by Crippen LogP contribution is 2.43. The molecule has 1 aromatic heterocycles. The van der Waals surface area contributed by atoms with Crippen LogP contribution < -0.4 is 10.5 Å². The number of pyridine rings is 1. The Labute approximate surface area is 179 Å². The number of ether oxygens (including phenoxy) is 1. The number of amides is 2. The van der Waals surface area contributed by atoms with Crippen LogP contribution in [0.15, 0.2) is 67.0 Å². The minimum absolute atomic E-state index is 0.321. The van der Waals surface area contributed by atoms with Crippen LogP contribution in [0.2, 0.25) is 0 Å². The Morgan fingerprint density at radius 2 is 1.97 bits per heavy atom. The average Bonchev–Trinajstić information content (AvgIpc) is 3.22. The number of hydrogen-bond donors (Lipinski definition) is 1. The fraction of sp³-hybridized carbons (Fsp3) is 0.208. The smallest absolute Gasteiger partial charge is 0.256 e. The standard InChI is InChI=1S/C24H22FN3O3/c1-31-17-12-19-18(20(25)13-17)9-10-21(19)28(24(30)16-8-5-11-27-14-16)22(23(26)29)15-6-3-2-4-7-15/h2-8,11-14,21-22H,9-10H2,1H3,(H2,26,29)/t21-,22-/m1/s1. The van der Waals surface area contributed by atoms with Gasteiger partial charge in [0.1, 0.15) is 17.6 Å². The second-order valence-electron chi connectivity index (χ2n) is 7.40. The summed E-state index contributed by atoms with van der Waals surface area (Å²) in [5.41, 5.74) is 7.86. The molecule has 0 saturated carbocycles. The van der Waals surface area contributed by atoms with Gasteiger partial charge < -0.3 is 15.4 Å². The molecule has 1 aliphatic rings. The van der Waals surface area contributed by atoms with Gasteiger partial charge in [-0.05, 0) is 47.7 Å². The summed E-state index contributed by atoms with van der Waals surface area (Å²) in [7, 11) is 1.46. The number of nitrogens with two attached hydrogens (primary N) is 1. The van der Waals surface area contributed by atoms with E-state index in [4.69, 9.17) is 10.5 Å². The van der Waals surface area contributed by atoms with Gasteiger partial charge >= 0.3 is 0 Å². The summed E-state index contributed by atoms with van der Waals surface area (Å²) in [5, 5.41) is 0. The fourth-order valence-electron chi connectivity index (χ4n) is 4.21. The van der Waals surface area contributed by atoms with Crippen molar-refractivity contribution in [3.63, 3.8) is 0 Å². The third-order valence-electron chi connectivity index (χ3n) is 5.61. The van der Waals surface area contributed by atoms with Crippen molar-refractivity contribution in [2.24, 2.45) is 5.73 Å². The van der Waals surface area contributed by atoms with E-state index in [-0.39, 0.29) is 5.82 Å².